The Hall–Kier alpha value is -2.19. The van der Waals surface area contributed by atoms with Gasteiger partial charge in [0.1, 0.15) is 5.82 Å². The number of benzene rings is 2. The van der Waals surface area contributed by atoms with Gasteiger partial charge in [0.25, 0.3) is 5.91 Å². The van der Waals surface area contributed by atoms with E-state index in [0.717, 1.165) is 6.07 Å². The molecule has 2 rings (SSSR count). The quantitative estimate of drug-likeness (QED) is 0.700. The Morgan fingerprint density at radius 3 is 2.56 bits per heavy atom. The monoisotopic (exact) mass is 433 g/mol. The molecule has 0 heterocycles. The number of rotatable bonds is 6. The largest absolute Gasteiger partial charge is 0.479 e. The molecule has 9 heteroatoms. The maximum absolute atomic E-state index is 13.5. The Morgan fingerprint density at radius 2 is 1.84 bits per heavy atom. The normalized spacial score (nSPS) is 10.2. The van der Waals surface area contributed by atoms with Gasteiger partial charge in [0.2, 0.25) is 0 Å². The highest BCUT2D eigenvalue weighted by molar-refractivity contribution is 9.10. The van der Waals surface area contributed by atoms with E-state index in [1.165, 1.54) is 30.3 Å². The summed E-state index contributed by atoms with van der Waals surface area (Å²) >= 11 is 8.78. The molecule has 0 aliphatic heterocycles. The molecule has 0 radical (unpaired) electrons. The summed E-state index contributed by atoms with van der Waals surface area (Å²) in [7, 11) is 0. The molecule has 25 heavy (non-hydrogen) atoms. The summed E-state index contributed by atoms with van der Waals surface area (Å²) in [5, 5.41) is 2.45. The molecule has 0 atom stereocenters. The molecular formula is C16H11BrClF2NO4. The van der Waals surface area contributed by atoms with Gasteiger partial charge in [-0.2, -0.15) is 0 Å². The number of halogens is 4. The van der Waals surface area contributed by atoms with Crippen LogP contribution in [0.25, 0.3) is 0 Å². The van der Waals surface area contributed by atoms with Crippen molar-refractivity contribution >= 4 is 45.1 Å². The zero-order chi connectivity index (χ0) is 18.4. The first-order valence-corrected chi connectivity index (χ1v) is 8.00. The molecular weight excluding hydrogens is 424 g/mol. The molecule has 2 aromatic carbocycles. The molecule has 0 saturated carbocycles. The van der Waals surface area contributed by atoms with Gasteiger partial charge in [0.05, 0.1) is 5.69 Å². The van der Waals surface area contributed by atoms with Crippen molar-refractivity contribution in [2.45, 2.75) is 0 Å². The molecule has 0 saturated heterocycles. The third-order valence-electron chi connectivity index (χ3n) is 2.81. The molecule has 1 amide bonds. The Balaban J connectivity index is 1.79. The third-order valence-corrected chi connectivity index (χ3v) is 3.53. The van der Waals surface area contributed by atoms with Crippen LogP contribution in [0.4, 0.5) is 14.5 Å². The number of nitrogens with one attached hydrogen (secondary N) is 1. The fourth-order valence-electron chi connectivity index (χ4n) is 1.70. The number of hydrogen-bond donors (Lipinski definition) is 1. The zero-order valence-corrected chi connectivity index (χ0v) is 14.9. The lowest BCUT2D eigenvalue weighted by molar-refractivity contribution is -0.149. The van der Waals surface area contributed by atoms with E-state index >= 15 is 0 Å². The lowest BCUT2D eigenvalue weighted by Crippen LogP contribution is -2.24. The number of amides is 1. The Kier molecular flexibility index (Phi) is 6.72. The number of anilines is 1. The average molecular weight is 435 g/mol. The standard InChI is InChI=1S/C16H11BrClF2NO4/c17-9-1-4-14(12(20)5-9)24-8-16(23)25-7-15(22)21-13-6-10(18)2-3-11(13)19/h1-6H,7-8H2,(H,21,22). The molecule has 2 aromatic rings. The van der Waals surface area contributed by atoms with Crippen LogP contribution in [-0.4, -0.2) is 25.1 Å². The minimum absolute atomic E-state index is 0.134. The van der Waals surface area contributed by atoms with E-state index in [1.807, 2.05) is 0 Å². The van der Waals surface area contributed by atoms with Crippen molar-refractivity contribution in [3.63, 3.8) is 0 Å². The van der Waals surface area contributed by atoms with Crippen LogP contribution in [0.5, 0.6) is 5.75 Å². The van der Waals surface area contributed by atoms with Crippen molar-refractivity contribution in [2.75, 3.05) is 18.5 Å². The number of ether oxygens (including phenoxy) is 2. The molecule has 0 unspecified atom stereocenters. The number of carbonyl (C=O) groups excluding carboxylic acids is 2. The van der Waals surface area contributed by atoms with E-state index in [9.17, 15) is 18.4 Å². The molecule has 0 bridgehead atoms. The summed E-state index contributed by atoms with van der Waals surface area (Å²) in [6, 6.07) is 7.68. The Bertz CT molecular complexity index is 804. The van der Waals surface area contributed by atoms with Crippen molar-refractivity contribution in [2.24, 2.45) is 0 Å². The zero-order valence-electron chi connectivity index (χ0n) is 12.5. The van der Waals surface area contributed by atoms with Gasteiger partial charge in [-0.05, 0) is 36.4 Å². The van der Waals surface area contributed by atoms with Crippen LogP contribution >= 0.6 is 27.5 Å². The lowest BCUT2D eigenvalue weighted by atomic mass is 10.3. The van der Waals surface area contributed by atoms with Crippen LogP contribution in [0.15, 0.2) is 40.9 Å². The second-order valence-electron chi connectivity index (χ2n) is 4.70. The van der Waals surface area contributed by atoms with Gasteiger partial charge in [-0.15, -0.1) is 0 Å². The Morgan fingerprint density at radius 1 is 1.08 bits per heavy atom. The van der Waals surface area contributed by atoms with E-state index < -0.39 is 36.7 Å². The summed E-state index contributed by atoms with van der Waals surface area (Å²) in [5.41, 5.74) is -0.137. The van der Waals surface area contributed by atoms with Gasteiger partial charge in [0.15, 0.2) is 24.8 Å². The first-order valence-electron chi connectivity index (χ1n) is 6.83. The van der Waals surface area contributed by atoms with Crippen LogP contribution < -0.4 is 10.1 Å². The first-order chi connectivity index (χ1) is 11.8. The maximum Gasteiger partial charge on any atom is 0.344 e. The molecule has 1 N–H and O–H groups in total. The van der Waals surface area contributed by atoms with Crippen molar-refractivity contribution in [1.82, 2.24) is 0 Å². The average Bonchev–Trinajstić information content (AvgIpc) is 2.55. The van der Waals surface area contributed by atoms with Crippen LogP contribution in [0.2, 0.25) is 5.02 Å². The van der Waals surface area contributed by atoms with Gasteiger partial charge < -0.3 is 14.8 Å². The summed E-state index contributed by atoms with van der Waals surface area (Å²) in [6.45, 7) is -1.24. The first kappa shape index (κ1) is 19.1. The molecule has 0 aliphatic rings. The van der Waals surface area contributed by atoms with Gasteiger partial charge in [-0.3, -0.25) is 4.79 Å². The summed E-state index contributed by atoms with van der Waals surface area (Å²) in [5.74, 6) is -3.12. The van der Waals surface area contributed by atoms with E-state index in [0.29, 0.717) is 4.47 Å². The minimum atomic E-state index is -0.885. The number of carbonyl (C=O) groups is 2. The second-order valence-corrected chi connectivity index (χ2v) is 6.05. The highest BCUT2D eigenvalue weighted by Gasteiger charge is 2.12. The predicted molar refractivity (Wildman–Crippen MR) is 90.6 cm³/mol. The van der Waals surface area contributed by atoms with Gasteiger partial charge >= 0.3 is 5.97 Å². The van der Waals surface area contributed by atoms with Crippen molar-refractivity contribution in [3.05, 3.63) is 57.5 Å². The van der Waals surface area contributed by atoms with E-state index in [-0.39, 0.29) is 16.5 Å². The van der Waals surface area contributed by atoms with Gasteiger partial charge in [0, 0.05) is 9.50 Å². The van der Waals surface area contributed by atoms with Crippen molar-refractivity contribution in [3.8, 4) is 5.75 Å². The second kappa shape index (κ2) is 8.77. The highest BCUT2D eigenvalue weighted by Crippen LogP contribution is 2.21. The fraction of sp³-hybridized carbons (Fsp3) is 0.125. The molecule has 132 valence electrons. The van der Waals surface area contributed by atoms with Crippen LogP contribution in [-0.2, 0) is 14.3 Å². The summed E-state index contributed by atoms with van der Waals surface area (Å²) in [6.07, 6.45) is 0. The van der Waals surface area contributed by atoms with Crippen LogP contribution in [0.1, 0.15) is 0 Å². The third kappa shape index (κ3) is 5.99. The smallest absolute Gasteiger partial charge is 0.344 e. The predicted octanol–water partition coefficient (Wildman–Crippen LogP) is 3.94. The highest BCUT2D eigenvalue weighted by atomic mass is 79.9. The fourth-order valence-corrected chi connectivity index (χ4v) is 2.20. The van der Waals surface area contributed by atoms with Crippen LogP contribution in [0.3, 0.4) is 0 Å². The SMILES string of the molecule is O=C(COC(=O)COc1ccc(Br)cc1F)Nc1cc(Cl)ccc1F. The molecule has 0 spiro atoms. The minimum Gasteiger partial charge on any atom is -0.479 e. The van der Waals surface area contributed by atoms with E-state index in [2.05, 4.69) is 26.0 Å². The summed E-state index contributed by atoms with van der Waals surface area (Å²) < 4.78 is 37.1. The molecule has 0 aliphatic carbocycles. The van der Waals surface area contributed by atoms with Crippen LogP contribution in [0, 0.1) is 11.6 Å². The molecule has 0 fully saturated rings. The molecule has 0 aromatic heterocycles. The number of hydrogen-bond acceptors (Lipinski definition) is 4. The van der Waals surface area contributed by atoms with Gasteiger partial charge in [-0.25, -0.2) is 13.6 Å². The van der Waals surface area contributed by atoms with E-state index in [1.54, 1.807) is 0 Å². The van der Waals surface area contributed by atoms with Crippen molar-refractivity contribution in [1.29, 1.82) is 0 Å². The Labute approximate surface area is 155 Å². The molecule has 5 nitrogen and oxygen atoms in total. The van der Waals surface area contributed by atoms with E-state index in [4.69, 9.17) is 16.3 Å². The topological polar surface area (TPSA) is 64.6 Å². The van der Waals surface area contributed by atoms with Crippen molar-refractivity contribution < 1.29 is 27.8 Å². The maximum atomic E-state index is 13.5. The number of esters is 1. The van der Waals surface area contributed by atoms with Gasteiger partial charge in [-0.1, -0.05) is 27.5 Å². The lowest BCUT2D eigenvalue weighted by Gasteiger charge is -2.09. The summed E-state index contributed by atoms with van der Waals surface area (Å²) in [4.78, 5) is 23.2.